The molecule has 0 unspecified atom stereocenters. The summed E-state index contributed by atoms with van der Waals surface area (Å²) < 4.78 is 5.36. The predicted molar refractivity (Wildman–Crippen MR) is 70.1 cm³/mol. The number of ether oxygens (including phenoxy) is 1. The molecule has 0 radical (unpaired) electrons. The molecule has 0 atom stereocenters. The number of aliphatic hydroxyl groups is 1. The van der Waals surface area contributed by atoms with Crippen LogP contribution >= 0.6 is 0 Å². The summed E-state index contributed by atoms with van der Waals surface area (Å²) in [5.41, 5.74) is 2.07. The highest BCUT2D eigenvalue weighted by Crippen LogP contribution is 2.22. The van der Waals surface area contributed by atoms with Gasteiger partial charge in [-0.1, -0.05) is 13.0 Å². The van der Waals surface area contributed by atoms with E-state index in [1.54, 1.807) is 7.11 Å². The lowest BCUT2D eigenvalue weighted by Crippen LogP contribution is -2.30. The quantitative estimate of drug-likeness (QED) is 0.824. The summed E-state index contributed by atoms with van der Waals surface area (Å²) >= 11 is 0. The lowest BCUT2D eigenvalue weighted by atomic mass is 10.1. The molecule has 0 bridgehead atoms. The maximum atomic E-state index is 9.17. The summed E-state index contributed by atoms with van der Waals surface area (Å²) in [6.07, 6.45) is 0. The van der Waals surface area contributed by atoms with Crippen LogP contribution in [0.2, 0.25) is 0 Å². The number of benzene rings is 1. The Labute approximate surface area is 104 Å². The Morgan fingerprint density at radius 2 is 2.06 bits per heavy atom. The molecule has 1 N–H and O–H groups in total. The summed E-state index contributed by atoms with van der Waals surface area (Å²) in [5.74, 6) is 0.890. The lowest BCUT2D eigenvalue weighted by Gasteiger charge is -2.25. The molecule has 0 saturated heterocycles. The molecule has 96 valence electrons. The zero-order valence-corrected chi connectivity index (χ0v) is 11.2. The molecule has 0 spiro atoms. The van der Waals surface area contributed by atoms with E-state index in [1.807, 2.05) is 18.2 Å². The minimum Gasteiger partial charge on any atom is -0.496 e. The molecule has 0 saturated carbocycles. The molecule has 0 amide bonds. The topological polar surface area (TPSA) is 32.7 Å². The van der Waals surface area contributed by atoms with Crippen molar-refractivity contribution in [2.24, 2.45) is 0 Å². The van der Waals surface area contributed by atoms with Crippen molar-refractivity contribution in [1.82, 2.24) is 4.90 Å². The lowest BCUT2D eigenvalue weighted by molar-refractivity contribution is 0.221. The molecular weight excluding hydrogens is 214 g/mol. The van der Waals surface area contributed by atoms with Crippen LogP contribution in [0.3, 0.4) is 0 Å². The fourth-order valence-electron chi connectivity index (χ4n) is 1.93. The standard InChI is InChI=1S/C14H23NO2/c1-5-15(11(2)3)9-13-8-12(10-16)6-7-14(13)17-4/h6-8,11,16H,5,9-10H2,1-4H3. The smallest absolute Gasteiger partial charge is 0.123 e. The average molecular weight is 237 g/mol. The highest BCUT2D eigenvalue weighted by Gasteiger charge is 2.11. The van der Waals surface area contributed by atoms with Crippen molar-refractivity contribution in [2.75, 3.05) is 13.7 Å². The normalized spacial score (nSPS) is 11.2. The largest absolute Gasteiger partial charge is 0.496 e. The summed E-state index contributed by atoms with van der Waals surface area (Å²) in [6.45, 7) is 8.46. The van der Waals surface area contributed by atoms with Crippen molar-refractivity contribution < 1.29 is 9.84 Å². The van der Waals surface area contributed by atoms with Gasteiger partial charge in [-0.2, -0.15) is 0 Å². The van der Waals surface area contributed by atoms with Crippen molar-refractivity contribution in [1.29, 1.82) is 0 Å². The summed E-state index contributed by atoms with van der Waals surface area (Å²) in [4.78, 5) is 2.36. The maximum absolute atomic E-state index is 9.17. The van der Waals surface area contributed by atoms with E-state index < -0.39 is 0 Å². The Bertz CT molecular complexity index is 350. The maximum Gasteiger partial charge on any atom is 0.123 e. The van der Waals surface area contributed by atoms with Crippen molar-refractivity contribution in [2.45, 2.75) is 40.0 Å². The van der Waals surface area contributed by atoms with Crippen molar-refractivity contribution in [3.8, 4) is 5.75 Å². The van der Waals surface area contributed by atoms with Gasteiger partial charge in [0.15, 0.2) is 0 Å². The third kappa shape index (κ3) is 3.72. The summed E-state index contributed by atoms with van der Waals surface area (Å²) in [7, 11) is 1.68. The number of methoxy groups -OCH3 is 1. The molecule has 0 aliphatic carbocycles. The van der Waals surface area contributed by atoms with Gasteiger partial charge in [-0.05, 0) is 38.1 Å². The highest BCUT2D eigenvalue weighted by molar-refractivity contribution is 5.37. The molecule has 0 fully saturated rings. The molecule has 0 aliphatic rings. The first-order valence-corrected chi connectivity index (χ1v) is 6.13. The Kier molecular flexibility index (Phi) is 5.45. The Balaban J connectivity index is 2.93. The van der Waals surface area contributed by atoms with Crippen LogP contribution in [0.25, 0.3) is 0 Å². The van der Waals surface area contributed by atoms with Crippen LogP contribution in [0.4, 0.5) is 0 Å². The monoisotopic (exact) mass is 237 g/mol. The molecule has 1 aromatic carbocycles. The first-order chi connectivity index (χ1) is 8.12. The van der Waals surface area contributed by atoms with Gasteiger partial charge in [0.1, 0.15) is 5.75 Å². The summed E-state index contributed by atoms with van der Waals surface area (Å²) in [5, 5.41) is 9.17. The fourth-order valence-corrected chi connectivity index (χ4v) is 1.93. The second-order valence-corrected chi connectivity index (χ2v) is 4.46. The van der Waals surface area contributed by atoms with Gasteiger partial charge in [-0.3, -0.25) is 4.90 Å². The second-order valence-electron chi connectivity index (χ2n) is 4.46. The van der Waals surface area contributed by atoms with E-state index in [9.17, 15) is 5.11 Å². The van der Waals surface area contributed by atoms with Gasteiger partial charge in [0.2, 0.25) is 0 Å². The van der Waals surface area contributed by atoms with Crippen LogP contribution in [0, 0.1) is 0 Å². The summed E-state index contributed by atoms with van der Waals surface area (Å²) in [6, 6.07) is 6.34. The number of hydrogen-bond acceptors (Lipinski definition) is 3. The van der Waals surface area contributed by atoms with Crippen molar-refractivity contribution in [3.05, 3.63) is 29.3 Å². The van der Waals surface area contributed by atoms with Crippen LogP contribution in [0.15, 0.2) is 18.2 Å². The predicted octanol–water partition coefficient (Wildman–Crippen LogP) is 2.42. The minimum atomic E-state index is 0.0742. The Morgan fingerprint density at radius 1 is 1.35 bits per heavy atom. The van der Waals surface area contributed by atoms with Crippen LogP contribution in [0.1, 0.15) is 31.9 Å². The molecule has 0 aromatic heterocycles. The number of aliphatic hydroxyl groups excluding tert-OH is 1. The van der Waals surface area contributed by atoms with Crippen LogP contribution in [-0.2, 0) is 13.2 Å². The van der Waals surface area contributed by atoms with E-state index >= 15 is 0 Å². The van der Waals surface area contributed by atoms with Gasteiger partial charge in [0.25, 0.3) is 0 Å². The van der Waals surface area contributed by atoms with Gasteiger partial charge < -0.3 is 9.84 Å². The van der Waals surface area contributed by atoms with Gasteiger partial charge in [0, 0.05) is 18.2 Å². The van der Waals surface area contributed by atoms with E-state index in [4.69, 9.17) is 4.74 Å². The van der Waals surface area contributed by atoms with E-state index in [2.05, 4.69) is 25.7 Å². The first-order valence-electron chi connectivity index (χ1n) is 6.13. The van der Waals surface area contributed by atoms with E-state index in [1.165, 1.54) is 0 Å². The third-order valence-electron chi connectivity index (χ3n) is 3.04. The minimum absolute atomic E-state index is 0.0742. The van der Waals surface area contributed by atoms with Crippen molar-refractivity contribution in [3.63, 3.8) is 0 Å². The van der Waals surface area contributed by atoms with Crippen LogP contribution in [0.5, 0.6) is 5.75 Å². The zero-order valence-electron chi connectivity index (χ0n) is 11.2. The highest BCUT2D eigenvalue weighted by atomic mass is 16.5. The van der Waals surface area contributed by atoms with Gasteiger partial charge in [-0.25, -0.2) is 0 Å². The second kappa shape index (κ2) is 6.62. The fraction of sp³-hybridized carbons (Fsp3) is 0.571. The molecule has 0 heterocycles. The SMILES string of the molecule is CCN(Cc1cc(CO)ccc1OC)C(C)C. The number of nitrogens with zero attached hydrogens (tertiary/aromatic N) is 1. The number of hydrogen-bond donors (Lipinski definition) is 1. The molecular formula is C14H23NO2. The Hall–Kier alpha value is -1.06. The first kappa shape index (κ1) is 14.0. The average Bonchev–Trinajstić information content (AvgIpc) is 2.35. The van der Waals surface area contributed by atoms with E-state index in [0.717, 1.165) is 30.0 Å². The van der Waals surface area contributed by atoms with Gasteiger partial charge >= 0.3 is 0 Å². The van der Waals surface area contributed by atoms with Crippen LogP contribution < -0.4 is 4.74 Å². The number of rotatable bonds is 6. The molecule has 0 aliphatic heterocycles. The molecule has 17 heavy (non-hydrogen) atoms. The van der Waals surface area contributed by atoms with Crippen molar-refractivity contribution >= 4 is 0 Å². The third-order valence-corrected chi connectivity index (χ3v) is 3.04. The van der Waals surface area contributed by atoms with Gasteiger partial charge in [0.05, 0.1) is 13.7 Å². The van der Waals surface area contributed by atoms with E-state index in [-0.39, 0.29) is 6.61 Å². The zero-order chi connectivity index (χ0) is 12.8. The molecule has 3 heteroatoms. The molecule has 1 rings (SSSR count). The molecule has 3 nitrogen and oxygen atoms in total. The van der Waals surface area contributed by atoms with Crippen LogP contribution in [-0.4, -0.2) is 29.7 Å². The molecule has 1 aromatic rings. The Morgan fingerprint density at radius 3 is 2.53 bits per heavy atom. The van der Waals surface area contributed by atoms with Gasteiger partial charge in [-0.15, -0.1) is 0 Å². The van der Waals surface area contributed by atoms with E-state index in [0.29, 0.717) is 6.04 Å².